The number of hydrogen-bond donors (Lipinski definition) is 2. The Hall–Kier alpha value is -2.05. The topological polar surface area (TPSA) is 70.4 Å². The summed E-state index contributed by atoms with van der Waals surface area (Å²) in [6, 6.07) is 9.50. The number of nitrogens with one attached hydrogen (secondary N) is 1. The molecule has 1 amide bonds. The van der Waals surface area contributed by atoms with Crippen molar-refractivity contribution in [2.75, 3.05) is 19.6 Å². The second-order valence-electron chi connectivity index (χ2n) is 5.19. The lowest BCUT2D eigenvalue weighted by molar-refractivity contribution is 0.0646. The highest BCUT2D eigenvalue weighted by Gasteiger charge is 2.28. The standard InChI is InChI=1S/C15H18N4O2.ClH/c1-11-9-16-7-8-18(11)15(21)14-13(20)10-19(17-14)12-5-3-2-4-6-12;/h2-6,10-11,16,20H,7-9H2,1H3;1H/t11-;/m0./s1. The quantitative estimate of drug-likeness (QED) is 0.877. The van der Waals surface area contributed by atoms with Crippen LogP contribution in [0.15, 0.2) is 36.5 Å². The van der Waals surface area contributed by atoms with Gasteiger partial charge in [-0.25, -0.2) is 4.68 Å². The molecular formula is C15H19ClN4O2. The summed E-state index contributed by atoms with van der Waals surface area (Å²) < 4.78 is 1.52. The molecule has 0 aliphatic carbocycles. The van der Waals surface area contributed by atoms with Gasteiger partial charge in [0.05, 0.1) is 11.9 Å². The predicted molar refractivity (Wildman–Crippen MR) is 85.8 cm³/mol. The first kappa shape index (κ1) is 16.3. The van der Waals surface area contributed by atoms with Crippen LogP contribution in [0.5, 0.6) is 5.75 Å². The molecule has 1 fully saturated rings. The normalized spacial score (nSPS) is 17.9. The molecule has 1 atom stereocenters. The van der Waals surface area contributed by atoms with Gasteiger partial charge in [0.15, 0.2) is 11.4 Å². The molecule has 0 radical (unpaired) electrons. The number of halogens is 1. The van der Waals surface area contributed by atoms with Crippen molar-refractivity contribution in [1.82, 2.24) is 20.0 Å². The molecule has 7 heteroatoms. The van der Waals surface area contributed by atoms with Crippen molar-refractivity contribution in [3.63, 3.8) is 0 Å². The van der Waals surface area contributed by atoms with Gasteiger partial charge in [-0.1, -0.05) is 18.2 Å². The molecule has 1 saturated heterocycles. The molecule has 2 N–H and O–H groups in total. The van der Waals surface area contributed by atoms with Crippen LogP contribution in [0.25, 0.3) is 5.69 Å². The third-order valence-electron chi connectivity index (χ3n) is 3.68. The van der Waals surface area contributed by atoms with Crippen LogP contribution in [0.1, 0.15) is 17.4 Å². The van der Waals surface area contributed by atoms with Gasteiger partial charge in [-0.2, -0.15) is 5.10 Å². The van der Waals surface area contributed by atoms with Crippen LogP contribution < -0.4 is 5.32 Å². The Morgan fingerprint density at radius 2 is 2.09 bits per heavy atom. The molecule has 1 aliphatic rings. The number of nitrogens with zero attached hydrogens (tertiary/aromatic N) is 3. The Labute approximate surface area is 135 Å². The summed E-state index contributed by atoms with van der Waals surface area (Å²) in [5.74, 6) is -0.314. The van der Waals surface area contributed by atoms with Crippen molar-refractivity contribution in [3.05, 3.63) is 42.2 Å². The van der Waals surface area contributed by atoms with Crippen molar-refractivity contribution >= 4 is 18.3 Å². The lowest BCUT2D eigenvalue weighted by atomic mass is 10.2. The number of aromatic hydroxyl groups is 1. The van der Waals surface area contributed by atoms with Gasteiger partial charge >= 0.3 is 0 Å². The predicted octanol–water partition coefficient (Wildman–Crippen LogP) is 1.43. The summed E-state index contributed by atoms with van der Waals surface area (Å²) in [5.41, 5.74) is 0.910. The van der Waals surface area contributed by atoms with Gasteiger partial charge in [0.1, 0.15) is 0 Å². The fraction of sp³-hybridized carbons (Fsp3) is 0.333. The third-order valence-corrected chi connectivity index (χ3v) is 3.68. The summed E-state index contributed by atoms with van der Waals surface area (Å²) in [4.78, 5) is 14.3. The first-order valence-corrected chi connectivity index (χ1v) is 7.02. The van der Waals surface area contributed by atoms with E-state index in [1.54, 1.807) is 4.90 Å². The minimum Gasteiger partial charge on any atom is -0.504 e. The number of para-hydroxylation sites is 1. The minimum absolute atomic E-state index is 0. The lowest BCUT2D eigenvalue weighted by Crippen LogP contribution is -2.52. The van der Waals surface area contributed by atoms with Gasteiger partial charge in [-0.3, -0.25) is 4.79 Å². The van der Waals surface area contributed by atoms with E-state index in [2.05, 4.69) is 10.4 Å². The van der Waals surface area contributed by atoms with Crippen LogP contribution in [0, 0.1) is 0 Å². The average Bonchev–Trinajstić information content (AvgIpc) is 2.90. The van der Waals surface area contributed by atoms with E-state index in [4.69, 9.17) is 0 Å². The van der Waals surface area contributed by atoms with Gasteiger partial charge < -0.3 is 15.3 Å². The number of carbonyl (C=O) groups is 1. The molecule has 0 bridgehead atoms. The van der Waals surface area contributed by atoms with E-state index < -0.39 is 0 Å². The first-order valence-electron chi connectivity index (χ1n) is 7.02. The molecule has 2 heterocycles. The number of hydrogen-bond acceptors (Lipinski definition) is 4. The maximum absolute atomic E-state index is 12.5. The maximum Gasteiger partial charge on any atom is 0.278 e. The molecule has 0 spiro atoms. The van der Waals surface area contributed by atoms with E-state index >= 15 is 0 Å². The highest BCUT2D eigenvalue weighted by molar-refractivity contribution is 5.95. The molecule has 0 unspecified atom stereocenters. The molecule has 22 heavy (non-hydrogen) atoms. The van der Waals surface area contributed by atoms with Gasteiger partial charge in [0, 0.05) is 25.7 Å². The average molecular weight is 323 g/mol. The van der Waals surface area contributed by atoms with Crippen LogP contribution in [0.4, 0.5) is 0 Å². The van der Waals surface area contributed by atoms with Gasteiger partial charge in [0.2, 0.25) is 0 Å². The number of aromatic nitrogens is 2. The molecule has 1 aliphatic heterocycles. The van der Waals surface area contributed by atoms with E-state index in [0.717, 1.165) is 18.8 Å². The molecule has 3 rings (SSSR count). The fourth-order valence-corrected chi connectivity index (χ4v) is 2.51. The number of rotatable bonds is 2. The van der Waals surface area contributed by atoms with Crippen molar-refractivity contribution < 1.29 is 9.90 Å². The monoisotopic (exact) mass is 322 g/mol. The molecule has 1 aromatic carbocycles. The summed E-state index contributed by atoms with van der Waals surface area (Å²) >= 11 is 0. The Kier molecular flexibility index (Phi) is 5.05. The van der Waals surface area contributed by atoms with Crippen molar-refractivity contribution in [2.45, 2.75) is 13.0 Å². The molecule has 1 aromatic heterocycles. The van der Waals surface area contributed by atoms with Gasteiger partial charge in [-0.05, 0) is 19.1 Å². The maximum atomic E-state index is 12.5. The summed E-state index contributed by atoms with van der Waals surface area (Å²) in [6.45, 7) is 4.12. The van der Waals surface area contributed by atoms with Crippen LogP contribution >= 0.6 is 12.4 Å². The highest BCUT2D eigenvalue weighted by atomic mass is 35.5. The number of benzene rings is 1. The zero-order valence-electron chi connectivity index (χ0n) is 12.3. The summed E-state index contributed by atoms with van der Waals surface area (Å²) in [7, 11) is 0. The first-order chi connectivity index (χ1) is 10.2. The molecule has 6 nitrogen and oxygen atoms in total. The van der Waals surface area contributed by atoms with Crippen LogP contribution in [-0.2, 0) is 0 Å². The van der Waals surface area contributed by atoms with Crippen LogP contribution in [0.2, 0.25) is 0 Å². The number of carbonyl (C=O) groups excluding carboxylic acids is 1. The zero-order chi connectivity index (χ0) is 14.8. The van der Waals surface area contributed by atoms with Gasteiger partial charge in [-0.15, -0.1) is 12.4 Å². The van der Waals surface area contributed by atoms with E-state index in [0.29, 0.717) is 6.54 Å². The lowest BCUT2D eigenvalue weighted by Gasteiger charge is -2.33. The van der Waals surface area contributed by atoms with Crippen molar-refractivity contribution in [1.29, 1.82) is 0 Å². The van der Waals surface area contributed by atoms with E-state index in [-0.39, 0.29) is 35.8 Å². The van der Waals surface area contributed by atoms with Crippen molar-refractivity contribution in [2.24, 2.45) is 0 Å². The minimum atomic E-state index is -0.226. The fourth-order valence-electron chi connectivity index (χ4n) is 2.51. The van der Waals surface area contributed by atoms with Crippen LogP contribution in [-0.4, -0.2) is 51.4 Å². The van der Waals surface area contributed by atoms with Crippen molar-refractivity contribution in [3.8, 4) is 11.4 Å². The second-order valence-corrected chi connectivity index (χ2v) is 5.19. The Morgan fingerprint density at radius 1 is 1.36 bits per heavy atom. The Morgan fingerprint density at radius 3 is 2.77 bits per heavy atom. The third kappa shape index (κ3) is 3.08. The number of piperazine rings is 1. The molecule has 118 valence electrons. The Bertz CT molecular complexity index is 644. The zero-order valence-corrected chi connectivity index (χ0v) is 13.1. The largest absolute Gasteiger partial charge is 0.504 e. The van der Waals surface area contributed by atoms with E-state index in [1.165, 1.54) is 10.9 Å². The van der Waals surface area contributed by atoms with Crippen LogP contribution in [0.3, 0.4) is 0 Å². The summed E-state index contributed by atoms with van der Waals surface area (Å²) in [6.07, 6.45) is 1.47. The Balaban J connectivity index is 0.00000176. The van der Waals surface area contributed by atoms with E-state index in [1.807, 2.05) is 37.3 Å². The SMILES string of the molecule is C[C@H]1CNCCN1C(=O)c1nn(-c2ccccc2)cc1O.Cl. The smallest absolute Gasteiger partial charge is 0.278 e. The van der Waals surface area contributed by atoms with Gasteiger partial charge in [0.25, 0.3) is 5.91 Å². The highest BCUT2D eigenvalue weighted by Crippen LogP contribution is 2.21. The summed E-state index contributed by atoms with van der Waals surface area (Å²) in [5, 5.41) is 17.5. The number of amides is 1. The molecule has 2 aromatic rings. The molecular weight excluding hydrogens is 304 g/mol. The van der Waals surface area contributed by atoms with E-state index in [9.17, 15) is 9.90 Å². The second kappa shape index (κ2) is 6.81. The molecule has 0 saturated carbocycles.